The van der Waals surface area contributed by atoms with Gasteiger partial charge in [0, 0.05) is 5.56 Å². The Morgan fingerprint density at radius 1 is 0.870 bits per heavy atom. The summed E-state index contributed by atoms with van der Waals surface area (Å²) in [5.74, 6) is -1.20. The quantitative estimate of drug-likeness (QED) is 0.625. The highest BCUT2D eigenvalue weighted by Gasteiger charge is 2.11. The third-order valence-corrected chi connectivity index (χ3v) is 3.10. The highest BCUT2D eigenvalue weighted by molar-refractivity contribution is 5.98. The van der Waals surface area contributed by atoms with Crippen molar-refractivity contribution in [1.82, 2.24) is 5.32 Å². The number of ether oxygens (including phenoxy) is 1. The number of amides is 1. The van der Waals surface area contributed by atoms with Gasteiger partial charge in [-0.15, -0.1) is 0 Å². The molecule has 0 aliphatic heterocycles. The van der Waals surface area contributed by atoms with Crippen LogP contribution in [0.2, 0.25) is 0 Å². The Hall–Kier alpha value is -2.95. The first-order chi connectivity index (χ1) is 11.1. The van der Waals surface area contributed by atoms with Crippen molar-refractivity contribution in [2.24, 2.45) is 0 Å². The summed E-state index contributed by atoms with van der Waals surface area (Å²) in [5, 5.41) is 2.47. The zero-order valence-electron chi connectivity index (χ0n) is 12.5. The SMILES string of the molecule is O=C(Cc1ccccc1)NCC(=O)OCC(=O)c1ccccc1. The van der Waals surface area contributed by atoms with Crippen molar-refractivity contribution in [3.05, 3.63) is 71.8 Å². The molecule has 0 atom stereocenters. The highest BCUT2D eigenvalue weighted by Crippen LogP contribution is 2.01. The number of hydrogen-bond acceptors (Lipinski definition) is 4. The van der Waals surface area contributed by atoms with Gasteiger partial charge < -0.3 is 10.1 Å². The zero-order valence-corrected chi connectivity index (χ0v) is 12.5. The van der Waals surface area contributed by atoms with Crippen LogP contribution in [0.1, 0.15) is 15.9 Å². The summed E-state index contributed by atoms with van der Waals surface area (Å²) in [4.78, 5) is 35.0. The maximum atomic E-state index is 11.8. The van der Waals surface area contributed by atoms with E-state index in [-0.39, 0.29) is 31.3 Å². The second-order valence-corrected chi connectivity index (χ2v) is 4.89. The molecule has 2 rings (SSSR count). The van der Waals surface area contributed by atoms with Crippen molar-refractivity contribution in [3.63, 3.8) is 0 Å². The van der Waals surface area contributed by atoms with Gasteiger partial charge in [0.25, 0.3) is 0 Å². The Morgan fingerprint density at radius 2 is 1.48 bits per heavy atom. The van der Waals surface area contributed by atoms with Gasteiger partial charge in [0.1, 0.15) is 6.54 Å². The van der Waals surface area contributed by atoms with E-state index in [0.29, 0.717) is 5.56 Å². The van der Waals surface area contributed by atoms with Crippen LogP contribution in [0.15, 0.2) is 60.7 Å². The number of hydrogen-bond donors (Lipinski definition) is 1. The average molecular weight is 311 g/mol. The van der Waals surface area contributed by atoms with E-state index in [4.69, 9.17) is 4.74 Å². The molecule has 0 saturated carbocycles. The molecule has 1 N–H and O–H groups in total. The molecule has 0 radical (unpaired) electrons. The monoisotopic (exact) mass is 311 g/mol. The van der Waals surface area contributed by atoms with Crippen LogP contribution >= 0.6 is 0 Å². The largest absolute Gasteiger partial charge is 0.456 e. The normalized spacial score (nSPS) is 9.91. The number of rotatable bonds is 7. The molecule has 0 aliphatic carbocycles. The fourth-order valence-electron chi connectivity index (χ4n) is 1.92. The topological polar surface area (TPSA) is 72.5 Å². The minimum Gasteiger partial charge on any atom is -0.456 e. The molecule has 0 heterocycles. The number of carbonyl (C=O) groups is 3. The van der Waals surface area contributed by atoms with Gasteiger partial charge in [-0.25, -0.2) is 0 Å². The molecule has 0 saturated heterocycles. The number of carbonyl (C=O) groups excluding carboxylic acids is 3. The lowest BCUT2D eigenvalue weighted by Crippen LogP contribution is -2.32. The predicted molar refractivity (Wildman–Crippen MR) is 84.9 cm³/mol. The summed E-state index contributed by atoms with van der Waals surface area (Å²) in [7, 11) is 0. The van der Waals surface area contributed by atoms with Gasteiger partial charge in [-0.3, -0.25) is 14.4 Å². The minimum absolute atomic E-state index is 0.192. The molecule has 23 heavy (non-hydrogen) atoms. The number of Topliss-reactive ketones (excluding diaryl/α,β-unsaturated/α-hetero) is 1. The van der Waals surface area contributed by atoms with Crippen LogP contribution in [0.4, 0.5) is 0 Å². The molecule has 1 amide bonds. The van der Waals surface area contributed by atoms with E-state index in [2.05, 4.69) is 5.32 Å². The minimum atomic E-state index is -0.643. The standard InChI is InChI=1S/C18H17NO4/c20-16(15-9-5-2-6-10-15)13-23-18(22)12-19-17(21)11-14-7-3-1-4-8-14/h1-10H,11-13H2,(H,19,21). The summed E-state index contributed by atoms with van der Waals surface area (Å²) in [6.07, 6.45) is 0.192. The van der Waals surface area contributed by atoms with Gasteiger partial charge in [-0.1, -0.05) is 60.7 Å². The molecule has 5 heteroatoms. The molecule has 0 bridgehead atoms. The van der Waals surface area contributed by atoms with Crippen LogP contribution in [0.5, 0.6) is 0 Å². The Labute approximate surface area is 134 Å². The summed E-state index contributed by atoms with van der Waals surface area (Å²) in [5.41, 5.74) is 1.34. The lowest BCUT2D eigenvalue weighted by molar-refractivity contribution is -0.142. The average Bonchev–Trinajstić information content (AvgIpc) is 2.59. The van der Waals surface area contributed by atoms with Crippen LogP contribution in [0.3, 0.4) is 0 Å². The van der Waals surface area contributed by atoms with Crippen molar-refractivity contribution in [2.45, 2.75) is 6.42 Å². The van der Waals surface area contributed by atoms with Crippen molar-refractivity contribution in [1.29, 1.82) is 0 Å². The molecule has 0 aliphatic rings. The zero-order chi connectivity index (χ0) is 16.5. The van der Waals surface area contributed by atoms with Gasteiger partial charge >= 0.3 is 5.97 Å². The molecule has 0 fully saturated rings. The number of nitrogens with one attached hydrogen (secondary N) is 1. The summed E-state index contributed by atoms with van der Waals surface area (Å²) in [6, 6.07) is 17.8. The van der Waals surface area contributed by atoms with Crippen LogP contribution in [-0.4, -0.2) is 30.8 Å². The first-order valence-corrected chi connectivity index (χ1v) is 7.19. The smallest absolute Gasteiger partial charge is 0.325 e. The molecule has 2 aromatic carbocycles. The van der Waals surface area contributed by atoms with Crippen LogP contribution in [0, 0.1) is 0 Å². The van der Waals surface area contributed by atoms with Crippen molar-refractivity contribution in [3.8, 4) is 0 Å². The van der Waals surface area contributed by atoms with Gasteiger partial charge in [0.2, 0.25) is 5.91 Å². The van der Waals surface area contributed by atoms with Gasteiger partial charge in [-0.2, -0.15) is 0 Å². The molecule has 118 valence electrons. The Morgan fingerprint density at radius 3 is 2.13 bits per heavy atom. The second-order valence-electron chi connectivity index (χ2n) is 4.89. The lowest BCUT2D eigenvalue weighted by Gasteiger charge is -2.06. The lowest BCUT2D eigenvalue weighted by atomic mass is 10.1. The van der Waals surface area contributed by atoms with E-state index in [1.165, 1.54) is 0 Å². The van der Waals surface area contributed by atoms with Crippen LogP contribution in [-0.2, 0) is 20.7 Å². The molecule has 5 nitrogen and oxygen atoms in total. The van der Waals surface area contributed by atoms with Gasteiger partial charge in [0.05, 0.1) is 6.42 Å². The van der Waals surface area contributed by atoms with E-state index in [1.807, 2.05) is 30.3 Å². The summed E-state index contributed by atoms with van der Waals surface area (Å²) < 4.78 is 4.86. The third kappa shape index (κ3) is 5.74. The highest BCUT2D eigenvalue weighted by atomic mass is 16.5. The molecule has 0 aromatic heterocycles. The fraction of sp³-hybridized carbons (Fsp3) is 0.167. The van der Waals surface area contributed by atoms with E-state index in [0.717, 1.165) is 5.56 Å². The van der Waals surface area contributed by atoms with Gasteiger partial charge in [-0.05, 0) is 5.56 Å². The molecular weight excluding hydrogens is 294 g/mol. The Balaban J connectivity index is 1.69. The second kappa shape index (κ2) is 8.48. The summed E-state index contributed by atoms with van der Waals surface area (Å²) in [6.45, 7) is -0.592. The number of esters is 1. The van der Waals surface area contributed by atoms with Crippen LogP contribution < -0.4 is 5.32 Å². The first kappa shape index (κ1) is 16.4. The fourth-order valence-corrected chi connectivity index (χ4v) is 1.92. The maximum absolute atomic E-state index is 11.8. The Kier molecular flexibility index (Phi) is 6.06. The summed E-state index contributed by atoms with van der Waals surface area (Å²) >= 11 is 0. The van der Waals surface area contributed by atoms with E-state index < -0.39 is 5.97 Å². The van der Waals surface area contributed by atoms with Crippen molar-refractivity contribution in [2.75, 3.05) is 13.2 Å². The Bertz CT molecular complexity index is 668. The number of benzene rings is 2. The molecule has 0 spiro atoms. The number of ketones is 1. The first-order valence-electron chi connectivity index (χ1n) is 7.19. The molecular formula is C18H17NO4. The van der Waals surface area contributed by atoms with Crippen molar-refractivity contribution < 1.29 is 19.1 Å². The van der Waals surface area contributed by atoms with Gasteiger partial charge in [0.15, 0.2) is 12.4 Å². The molecule has 0 unspecified atom stereocenters. The van der Waals surface area contributed by atoms with E-state index >= 15 is 0 Å². The molecule has 2 aromatic rings. The van der Waals surface area contributed by atoms with E-state index in [1.54, 1.807) is 30.3 Å². The predicted octanol–water partition coefficient (Wildman–Crippen LogP) is 1.77. The maximum Gasteiger partial charge on any atom is 0.325 e. The van der Waals surface area contributed by atoms with Crippen molar-refractivity contribution >= 4 is 17.7 Å². The van der Waals surface area contributed by atoms with E-state index in [9.17, 15) is 14.4 Å². The van der Waals surface area contributed by atoms with Crippen LogP contribution in [0.25, 0.3) is 0 Å². The third-order valence-electron chi connectivity index (χ3n) is 3.10.